The molecule has 19 heavy (non-hydrogen) atoms. The molecule has 0 radical (unpaired) electrons. The topological polar surface area (TPSA) is 57.7 Å². The number of anilines is 1. The fourth-order valence-electron chi connectivity index (χ4n) is 2.26. The number of H-pyrrole nitrogens is 1. The van der Waals surface area contributed by atoms with Crippen LogP contribution in [-0.4, -0.2) is 32.8 Å². The lowest BCUT2D eigenvalue weighted by atomic mass is 10.1. The molecule has 0 aliphatic heterocycles. The molecule has 0 saturated heterocycles. The minimum atomic E-state index is 0.280. The number of nitrogens with one attached hydrogen (secondary N) is 1. The SMILES string of the molecule is CC(C)CCN(c1nc(Cl)nc2[nH]ncc12)C1CC1. The summed E-state index contributed by atoms with van der Waals surface area (Å²) in [6.45, 7) is 5.49. The van der Waals surface area contributed by atoms with Crippen molar-refractivity contribution in [2.45, 2.75) is 39.2 Å². The molecule has 2 aromatic heterocycles. The lowest BCUT2D eigenvalue weighted by Gasteiger charge is -2.24. The van der Waals surface area contributed by atoms with Crippen LogP contribution in [0.4, 0.5) is 5.82 Å². The van der Waals surface area contributed by atoms with Gasteiger partial charge >= 0.3 is 0 Å². The van der Waals surface area contributed by atoms with Crippen LogP contribution < -0.4 is 4.90 Å². The Kier molecular flexibility index (Phi) is 3.31. The quantitative estimate of drug-likeness (QED) is 0.855. The van der Waals surface area contributed by atoms with E-state index in [0.717, 1.165) is 24.2 Å². The van der Waals surface area contributed by atoms with Gasteiger partial charge in [-0.05, 0) is 36.8 Å². The first-order valence-corrected chi connectivity index (χ1v) is 7.16. The Balaban J connectivity index is 1.96. The summed E-state index contributed by atoms with van der Waals surface area (Å²) in [6.07, 6.45) is 5.40. The maximum absolute atomic E-state index is 6.02. The van der Waals surface area contributed by atoms with Crippen LogP contribution in [0, 0.1) is 5.92 Å². The molecule has 0 unspecified atom stereocenters. The molecular formula is C13H18ClN5. The molecule has 2 aromatic rings. The van der Waals surface area contributed by atoms with Crippen LogP contribution in [-0.2, 0) is 0 Å². The van der Waals surface area contributed by atoms with E-state index in [0.29, 0.717) is 17.6 Å². The van der Waals surface area contributed by atoms with Gasteiger partial charge in [0.1, 0.15) is 5.82 Å². The van der Waals surface area contributed by atoms with E-state index in [1.807, 2.05) is 0 Å². The predicted molar refractivity (Wildman–Crippen MR) is 76.5 cm³/mol. The van der Waals surface area contributed by atoms with Crippen LogP contribution in [0.15, 0.2) is 6.20 Å². The van der Waals surface area contributed by atoms with Crippen molar-refractivity contribution in [1.29, 1.82) is 0 Å². The zero-order chi connectivity index (χ0) is 13.4. The fourth-order valence-corrected chi connectivity index (χ4v) is 2.42. The highest BCUT2D eigenvalue weighted by Crippen LogP contribution is 2.34. The third-order valence-corrected chi connectivity index (χ3v) is 3.64. The van der Waals surface area contributed by atoms with Crippen LogP contribution in [0.1, 0.15) is 33.1 Å². The van der Waals surface area contributed by atoms with Crippen molar-refractivity contribution < 1.29 is 0 Å². The molecule has 0 amide bonds. The van der Waals surface area contributed by atoms with E-state index in [-0.39, 0.29) is 5.28 Å². The largest absolute Gasteiger partial charge is 0.353 e. The number of fused-ring (bicyclic) bond motifs is 1. The van der Waals surface area contributed by atoms with Gasteiger partial charge in [-0.3, -0.25) is 5.10 Å². The molecule has 0 bridgehead atoms. The van der Waals surface area contributed by atoms with E-state index in [9.17, 15) is 0 Å². The van der Waals surface area contributed by atoms with Crippen LogP contribution >= 0.6 is 11.6 Å². The number of hydrogen-bond acceptors (Lipinski definition) is 4. The van der Waals surface area contributed by atoms with Gasteiger partial charge in [0.05, 0.1) is 11.6 Å². The Morgan fingerprint density at radius 1 is 1.42 bits per heavy atom. The third-order valence-electron chi connectivity index (χ3n) is 3.47. The summed E-state index contributed by atoms with van der Waals surface area (Å²) < 4.78 is 0. The van der Waals surface area contributed by atoms with Crippen molar-refractivity contribution in [3.05, 3.63) is 11.5 Å². The summed E-state index contributed by atoms with van der Waals surface area (Å²) in [6, 6.07) is 0.600. The molecular weight excluding hydrogens is 262 g/mol. The van der Waals surface area contributed by atoms with E-state index in [1.165, 1.54) is 12.8 Å². The molecule has 3 rings (SSSR count). The Labute approximate surface area is 117 Å². The van der Waals surface area contributed by atoms with Crippen molar-refractivity contribution in [3.8, 4) is 0 Å². The Bertz CT molecular complexity index is 575. The molecule has 1 aliphatic carbocycles. The first-order valence-electron chi connectivity index (χ1n) is 6.78. The maximum Gasteiger partial charge on any atom is 0.226 e. The molecule has 5 nitrogen and oxygen atoms in total. The highest BCUT2D eigenvalue weighted by molar-refractivity contribution is 6.28. The molecule has 1 saturated carbocycles. The maximum atomic E-state index is 6.02. The van der Waals surface area contributed by atoms with E-state index in [1.54, 1.807) is 6.20 Å². The van der Waals surface area contributed by atoms with E-state index < -0.39 is 0 Å². The van der Waals surface area contributed by atoms with Crippen LogP contribution in [0.2, 0.25) is 5.28 Å². The molecule has 0 aromatic carbocycles. The van der Waals surface area contributed by atoms with Crippen LogP contribution in [0.3, 0.4) is 0 Å². The molecule has 0 atom stereocenters. The second-order valence-electron chi connectivity index (χ2n) is 5.56. The molecule has 1 aliphatic rings. The van der Waals surface area contributed by atoms with Crippen molar-refractivity contribution >= 4 is 28.5 Å². The third kappa shape index (κ3) is 2.66. The average molecular weight is 280 g/mol. The van der Waals surface area contributed by atoms with Crippen LogP contribution in [0.5, 0.6) is 0 Å². The lowest BCUT2D eigenvalue weighted by Crippen LogP contribution is -2.29. The zero-order valence-electron chi connectivity index (χ0n) is 11.2. The minimum absolute atomic E-state index is 0.280. The monoisotopic (exact) mass is 279 g/mol. The van der Waals surface area contributed by atoms with Gasteiger partial charge in [0, 0.05) is 12.6 Å². The first-order chi connectivity index (χ1) is 9.15. The molecule has 0 spiro atoms. The van der Waals surface area contributed by atoms with Gasteiger partial charge in [-0.25, -0.2) is 0 Å². The number of halogens is 1. The van der Waals surface area contributed by atoms with Gasteiger partial charge in [-0.1, -0.05) is 13.8 Å². The van der Waals surface area contributed by atoms with Gasteiger partial charge in [0.15, 0.2) is 5.65 Å². The minimum Gasteiger partial charge on any atom is -0.353 e. The normalized spacial score (nSPS) is 15.4. The highest BCUT2D eigenvalue weighted by Gasteiger charge is 2.31. The Hall–Kier alpha value is -1.36. The summed E-state index contributed by atoms with van der Waals surface area (Å²) >= 11 is 6.02. The van der Waals surface area contributed by atoms with Crippen molar-refractivity contribution in [2.24, 2.45) is 5.92 Å². The van der Waals surface area contributed by atoms with E-state index >= 15 is 0 Å². The van der Waals surface area contributed by atoms with Gasteiger partial charge in [0.25, 0.3) is 0 Å². The number of aromatic amines is 1. The molecule has 102 valence electrons. The number of hydrogen-bond donors (Lipinski definition) is 1. The summed E-state index contributed by atoms with van der Waals surface area (Å²) in [5, 5.41) is 8.15. The smallest absolute Gasteiger partial charge is 0.226 e. The predicted octanol–water partition coefficient (Wildman–Crippen LogP) is 3.02. The first kappa shape index (κ1) is 12.7. The fraction of sp³-hybridized carbons (Fsp3) is 0.615. The van der Waals surface area contributed by atoms with Gasteiger partial charge < -0.3 is 4.90 Å². The standard InChI is InChI=1S/C13H18ClN5/c1-8(2)5-6-19(9-3-4-9)12-10-7-15-18-11(10)16-13(14)17-12/h7-9H,3-6H2,1-2H3,(H,15,16,17,18). The summed E-state index contributed by atoms with van der Waals surface area (Å²) in [5.41, 5.74) is 0.713. The molecule has 1 fully saturated rings. The molecule has 2 heterocycles. The molecule has 6 heteroatoms. The van der Waals surface area contributed by atoms with Gasteiger partial charge in [-0.15, -0.1) is 0 Å². The van der Waals surface area contributed by atoms with E-state index in [4.69, 9.17) is 11.6 Å². The van der Waals surface area contributed by atoms with Crippen molar-refractivity contribution in [3.63, 3.8) is 0 Å². The summed E-state index contributed by atoms with van der Waals surface area (Å²) in [7, 11) is 0. The number of aromatic nitrogens is 4. The second-order valence-corrected chi connectivity index (χ2v) is 5.89. The number of nitrogens with zero attached hydrogens (tertiary/aromatic N) is 4. The van der Waals surface area contributed by atoms with E-state index in [2.05, 4.69) is 38.9 Å². The van der Waals surface area contributed by atoms with Crippen LogP contribution in [0.25, 0.3) is 11.0 Å². The lowest BCUT2D eigenvalue weighted by molar-refractivity contribution is 0.569. The Morgan fingerprint density at radius 3 is 2.89 bits per heavy atom. The molecule has 1 N–H and O–H groups in total. The summed E-state index contributed by atoms with van der Waals surface area (Å²) in [4.78, 5) is 11.0. The van der Waals surface area contributed by atoms with Gasteiger partial charge in [-0.2, -0.15) is 15.1 Å². The zero-order valence-corrected chi connectivity index (χ0v) is 12.0. The van der Waals surface area contributed by atoms with Crippen molar-refractivity contribution in [2.75, 3.05) is 11.4 Å². The van der Waals surface area contributed by atoms with Crippen molar-refractivity contribution in [1.82, 2.24) is 20.2 Å². The number of rotatable bonds is 5. The van der Waals surface area contributed by atoms with Gasteiger partial charge in [0.2, 0.25) is 5.28 Å². The second kappa shape index (κ2) is 4.96. The summed E-state index contributed by atoms with van der Waals surface area (Å²) in [5.74, 6) is 1.60. The average Bonchev–Trinajstić information content (AvgIpc) is 3.07. The highest BCUT2D eigenvalue weighted by atomic mass is 35.5. The Morgan fingerprint density at radius 2 is 2.21 bits per heavy atom.